The molecule has 0 aliphatic rings. The third-order valence-corrected chi connectivity index (χ3v) is 3.12. The Bertz CT molecular complexity index is 133. The molecule has 2 nitrogen and oxygen atoms in total. The van der Waals surface area contributed by atoms with Crippen molar-refractivity contribution < 1.29 is 5.11 Å². The van der Waals surface area contributed by atoms with Gasteiger partial charge in [-0.05, 0) is 25.8 Å². The molecular formula is C12H27NO. The van der Waals surface area contributed by atoms with Crippen LogP contribution in [0.3, 0.4) is 0 Å². The second-order valence-electron chi connectivity index (χ2n) is 4.96. The van der Waals surface area contributed by atoms with E-state index >= 15 is 0 Å². The van der Waals surface area contributed by atoms with Crippen LogP contribution in [0.25, 0.3) is 0 Å². The molecule has 0 bridgehead atoms. The van der Waals surface area contributed by atoms with Crippen molar-refractivity contribution in [1.29, 1.82) is 0 Å². The van der Waals surface area contributed by atoms with Gasteiger partial charge in [0.15, 0.2) is 0 Å². The molecule has 0 aromatic carbocycles. The Morgan fingerprint density at radius 2 is 1.71 bits per heavy atom. The number of rotatable bonds is 7. The van der Waals surface area contributed by atoms with Gasteiger partial charge in [-0.1, -0.05) is 27.7 Å². The van der Waals surface area contributed by atoms with E-state index in [9.17, 15) is 5.11 Å². The molecule has 0 saturated carbocycles. The van der Waals surface area contributed by atoms with E-state index < -0.39 is 0 Å². The third-order valence-electron chi connectivity index (χ3n) is 3.12. The average molecular weight is 201 g/mol. The van der Waals surface area contributed by atoms with Crippen molar-refractivity contribution in [2.24, 2.45) is 11.3 Å². The fraction of sp³-hybridized carbons (Fsp3) is 1.00. The summed E-state index contributed by atoms with van der Waals surface area (Å²) in [6, 6.07) is 0. The van der Waals surface area contributed by atoms with Crippen molar-refractivity contribution in [3.05, 3.63) is 0 Å². The molecule has 2 heteroatoms. The minimum absolute atomic E-state index is 0.115. The minimum Gasteiger partial charge on any atom is -0.396 e. The molecule has 0 heterocycles. The topological polar surface area (TPSA) is 23.5 Å². The van der Waals surface area contributed by atoms with E-state index in [1.54, 1.807) is 0 Å². The molecule has 0 spiro atoms. The van der Waals surface area contributed by atoms with Gasteiger partial charge in [0, 0.05) is 25.1 Å². The highest BCUT2D eigenvalue weighted by atomic mass is 16.3. The Morgan fingerprint density at radius 3 is 2.00 bits per heavy atom. The maximum atomic E-state index is 9.43. The van der Waals surface area contributed by atoms with Crippen LogP contribution in [0.4, 0.5) is 0 Å². The summed E-state index contributed by atoms with van der Waals surface area (Å²) in [5, 5.41) is 9.43. The van der Waals surface area contributed by atoms with Gasteiger partial charge in [0.05, 0.1) is 0 Å². The molecule has 0 fully saturated rings. The second kappa shape index (κ2) is 6.41. The van der Waals surface area contributed by atoms with Gasteiger partial charge in [0.25, 0.3) is 0 Å². The number of aliphatic hydroxyl groups excluding tert-OH is 1. The molecule has 0 amide bonds. The zero-order chi connectivity index (χ0) is 11.2. The van der Waals surface area contributed by atoms with E-state index in [-0.39, 0.29) is 5.41 Å². The first-order valence-electron chi connectivity index (χ1n) is 5.79. The van der Waals surface area contributed by atoms with Crippen molar-refractivity contribution in [2.45, 2.75) is 40.5 Å². The number of hydrogen-bond acceptors (Lipinski definition) is 2. The predicted octanol–water partition coefficient (Wildman–Crippen LogP) is 2.37. The van der Waals surface area contributed by atoms with Crippen molar-refractivity contribution >= 4 is 0 Å². The van der Waals surface area contributed by atoms with Crippen molar-refractivity contribution in [3.63, 3.8) is 0 Å². The minimum atomic E-state index is 0.115. The molecule has 0 radical (unpaired) electrons. The third kappa shape index (κ3) is 4.43. The lowest BCUT2D eigenvalue weighted by atomic mass is 9.82. The molecule has 0 atom stereocenters. The van der Waals surface area contributed by atoms with E-state index in [0.717, 1.165) is 25.9 Å². The monoisotopic (exact) mass is 201 g/mol. The Morgan fingerprint density at radius 1 is 1.21 bits per heavy atom. The number of hydrogen-bond donors (Lipinski definition) is 1. The average Bonchev–Trinajstić information content (AvgIpc) is 2.13. The summed E-state index contributed by atoms with van der Waals surface area (Å²) in [4.78, 5) is 2.34. The summed E-state index contributed by atoms with van der Waals surface area (Å²) in [6.07, 6.45) is 2.12. The van der Waals surface area contributed by atoms with Crippen LogP contribution in [-0.2, 0) is 0 Å². The summed E-state index contributed by atoms with van der Waals surface area (Å²) in [6.45, 7) is 11.2. The van der Waals surface area contributed by atoms with Crippen LogP contribution in [-0.4, -0.2) is 36.8 Å². The summed E-state index contributed by atoms with van der Waals surface area (Å²) >= 11 is 0. The van der Waals surface area contributed by atoms with E-state index in [1.165, 1.54) is 0 Å². The first kappa shape index (κ1) is 13.9. The van der Waals surface area contributed by atoms with E-state index in [0.29, 0.717) is 12.5 Å². The normalized spacial score (nSPS) is 12.9. The quantitative estimate of drug-likeness (QED) is 0.683. The lowest BCUT2D eigenvalue weighted by Gasteiger charge is -2.34. The van der Waals surface area contributed by atoms with Crippen molar-refractivity contribution in [3.8, 4) is 0 Å². The van der Waals surface area contributed by atoms with Gasteiger partial charge in [-0.15, -0.1) is 0 Å². The molecule has 0 aliphatic carbocycles. The Kier molecular flexibility index (Phi) is 6.38. The lowest BCUT2D eigenvalue weighted by Crippen LogP contribution is -2.39. The standard InChI is InChI=1S/C12H27NO/c1-6-12(7-2,10-14)9-13(5)8-11(3)4/h11,14H,6-10H2,1-5H3. The molecule has 86 valence electrons. The van der Waals surface area contributed by atoms with Crippen LogP contribution < -0.4 is 0 Å². The maximum absolute atomic E-state index is 9.43. The zero-order valence-electron chi connectivity index (χ0n) is 10.5. The SMILES string of the molecule is CCC(CC)(CO)CN(C)CC(C)C. The Hall–Kier alpha value is -0.0800. The van der Waals surface area contributed by atoms with Crippen LogP contribution >= 0.6 is 0 Å². The van der Waals surface area contributed by atoms with Gasteiger partial charge in [0.2, 0.25) is 0 Å². The van der Waals surface area contributed by atoms with E-state index in [4.69, 9.17) is 0 Å². The summed E-state index contributed by atoms with van der Waals surface area (Å²) in [5.41, 5.74) is 0.115. The van der Waals surface area contributed by atoms with Crippen molar-refractivity contribution in [1.82, 2.24) is 4.90 Å². The van der Waals surface area contributed by atoms with E-state index in [2.05, 4.69) is 39.6 Å². The highest BCUT2D eigenvalue weighted by Gasteiger charge is 2.26. The van der Waals surface area contributed by atoms with Gasteiger partial charge in [0.1, 0.15) is 0 Å². The summed E-state index contributed by atoms with van der Waals surface area (Å²) in [5.74, 6) is 0.699. The lowest BCUT2D eigenvalue weighted by molar-refractivity contribution is 0.0717. The first-order valence-corrected chi connectivity index (χ1v) is 5.79. The van der Waals surface area contributed by atoms with Crippen LogP contribution in [0.1, 0.15) is 40.5 Å². The first-order chi connectivity index (χ1) is 6.49. The fourth-order valence-electron chi connectivity index (χ4n) is 2.01. The van der Waals surface area contributed by atoms with Gasteiger partial charge in [-0.25, -0.2) is 0 Å². The highest BCUT2D eigenvalue weighted by Crippen LogP contribution is 2.26. The molecule has 0 aromatic rings. The van der Waals surface area contributed by atoms with E-state index in [1.807, 2.05) is 0 Å². The molecule has 14 heavy (non-hydrogen) atoms. The van der Waals surface area contributed by atoms with Gasteiger partial charge >= 0.3 is 0 Å². The molecule has 0 aliphatic heterocycles. The Balaban J connectivity index is 4.15. The van der Waals surface area contributed by atoms with Crippen molar-refractivity contribution in [2.75, 3.05) is 26.7 Å². The maximum Gasteiger partial charge on any atom is 0.0499 e. The molecule has 0 aromatic heterocycles. The number of nitrogens with zero attached hydrogens (tertiary/aromatic N) is 1. The Labute approximate surface area is 89.3 Å². The van der Waals surface area contributed by atoms with Gasteiger partial charge in [-0.3, -0.25) is 0 Å². The predicted molar refractivity (Wildman–Crippen MR) is 62.4 cm³/mol. The summed E-state index contributed by atoms with van der Waals surface area (Å²) in [7, 11) is 2.15. The molecule has 0 saturated heterocycles. The van der Waals surface area contributed by atoms with Crippen LogP contribution in [0.2, 0.25) is 0 Å². The molecule has 1 N–H and O–H groups in total. The zero-order valence-corrected chi connectivity index (χ0v) is 10.5. The van der Waals surface area contributed by atoms with Gasteiger partial charge in [-0.2, -0.15) is 0 Å². The summed E-state index contributed by atoms with van der Waals surface area (Å²) < 4.78 is 0. The molecule has 0 rings (SSSR count). The van der Waals surface area contributed by atoms with Crippen LogP contribution in [0.15, 0.2) is 0 Å². The van der Waals surface area contributed by atoms with Gasteiger partial charge < -0.3 is 10.0 Å². The van der Waals surface area contributed by atoms with Crippen LogP contribution in [0.5, 0.6) is 0 Å². The smallest absolute Gasteiger partial charge is 0.0499 e. The second-order valence-corrected chi connectivity index (χ2v) is 4.96. The van der Waals surface area contributed by atoms with Crippen LogP contribution in [0, 0.1) is 11.3 Å². The largest absolute Gasteiger partial charge is 0.396 e. The molecule has 0 unspecified atom stereocenters. The fourth-order valence-corrected chi connectivity index (χ4v) is 2.01. The highest BCUT2D eigenvalue weighted by molar-refractivity contribution is 4.79. The number of aliphatic hydroxyl groups is 1. The molecular weight excluding hydrogens is 174 g/mol.